The minimum atomic E-state index is 0.537. The van der Waals surface area contributed by atoms with E-state index in [0.29, 0.717) is 24.0 Å². The minimum Gasteiger partial charge on any atom is -0.380 e. The van der Waals surface area contributed by atoms with Crippen LogP contribution < -0.4 is 5.32 Å². The van der Waals surface area contributed by atoms with Gasteiger partial charge in [-0.25, -0.2) is 0 Å². The van der Waals surface area contributed by atoms with Crippen LogP contribution in [-0.2, 0) is 4.74 Å². The van der Waals surface area contributed by atoms with Crippen LogP contribution >= 0.6 is 0 Å². The Morgan fingerprint density at radius 3 is 2.69 bits per heavy atom. The highest BCUT2D eigenvalue weighted by Crippen LogP contribution is 2.25. The molecule has 0 saturated carbocycles. The Hall–Kier alpha value is -0.120. The molecular formula is C13H28N2O. The number of nitrogens with zero attached hydrogens (tertiary/aromatic N) is 1. The average Bonchev–Trinajstić information content (AvgIpc) is 2.29. The van der Waals surface area contributed by atoms with E-state index in [-0.39, 0.29) is 0 Å². The van der Waals surface area contributed by atoms with Crippen molar-refractivity contribution in [3.05, 3.63) is 0 Å². The highest BCUT2D eigenvalue weighted by Gasteiger charge is 2.33. The van der Waals surface area contributed by atoms with Crippen molar-refractivity contribution < 1.29 is 4.74 Å². The lowest BCUT2D eigenvalue weighted by Gasteiger charge is -2.45. The molecular weight excluding hydrogens is 200 g/mol. The first kappa shape index (κ1) is 13.9. The van der Waals surface area contributed by atoms with Gasteiger partial charge in [-0.2, -0.15) is 0 Å². The number of nitrogens with one attached hydrogen (secondary N) is 1. The van der Waals surface area contributed by atoms with Crippen LogP contribution in [-0.4, -0.2) is 49.8 Å². The third-order valence-corrected chi connectivity index (χ3v) is 4.12. The maximum Gasteiger partial charge on any atom is 0.0619 e. The summed E-state index contributed by atoms with van der Waals surface area (Å²) in [5.74, 6) is 0.711. The van der Waals surface area contributed by atoms with Gasteiger partial charge >= 0.3 is 0 Å². The monoisotopic (exact) mass is 228 g/mol. The molecule has 4 atom stereocenters. The normalized spacial score (nSPS) is 33.9. The van der Waals surface area contributed by atoms with Gasteiger partial charge in [-0.05, 0) is 40.2 Å². The first-order valence-corrected chi connectivity index (χ1v) is 6.62. The van der Waals surface area contributed by atoms with Gasteiger partial charge < -0.3 is 10.1 Å². The molecule has 0 amide bonds. The van der Waals surface area contributed by atoms with Gasteiger partial charge in [-0.1, -0.05) is 6.92 Å². The summed E-state index contributed by atoms with van der Waals surface area (Å²) in [6, 6.07) is 1.85. The molecule has 0 aliphatic carbocycles. The Kier molecular flexibility index (Phi) is 5.73. The standard InChI is InChI=1S/C13H28N2O/c1-6-16-9-10(2)15-8-7-13(14-5)11(3)12(15)4/h10-14H,6-9H2,1-5H3. The maximum absolute atomic E-state index is 5.53. The molecule has 0 aromatic carbocycles. The zero-order valence-electron chi connectivity index (χ0n) is 11.5. The summed E-state index contributed by atoms with van der Waals surface area (Å²) < 4.78 is 5.53. The van der Waals surface area contributed by atoms with Gasteiger partial charge in [-0.15, -0.1) is 0 Å². The number of hydrogen-bond donors (Lipinski definition) is 1. The van der Waals surface area contributed by atoms with Crippen LogP contribution in [0.1, 0.15) is 34.1 Å². The van der Waals surface area contributed by atoms with Crippen molar-refractivity contribution in [1.29, 1.82) is 0 Å². The van der Waals surface area contributed by atoms with Crippen molar-refractivity contribution in [2.45, 2.75) is 52.2 Å². The Bertz CT molecular complexity index is 198. The molecule has 1 aliphatic heterocycles. The summed E-state index contributed by atoms with van der Waals surface area (Å²) in [5.41, 5.74) is 0. The largest absolute Gasteiger partial charge is 0.380 e. The molecule has 4 unspecified atom stereocenters. The summed E-state index contributed by atoms with van der Waals surface area (Å²) >= 11 is 0. The van der Waals surface area contributed by atoms with Gasteiger partial charge in [0.15, 0.2) is 0 Å². The Morgan fingerprint density at radius 2 is 2.12 bits per heavy atom. The lowest BCUT2D eigenvalue weighted by atomic mass is 9.86. The molecule has 1 saturated heterocycles. The van der Waals surface area contributed by atoms with Gasteiger partial charge in [-0.3, -0.25) is 4.90 Å². The lowest BCUT2D eigenvalue weighted by molar-refractivity contribution is 0.0107. The number of likely N-dealkylation sites (tertiary alicyclic amines) is 1. The molecule has 0 spiro atoms. The van der Waals surface area contributed by atoms with Crippen molar-refractivity contribution >= 4 is 0 Å². The minimum absolute atomic E-state index is 0.537. The van der Waals surface area contributed by atoms with E-state index in [1.807, 2.05) is 0 Å². The van der Waals surface area contributed by atoms with Crippen LogP contribution in [0.3, 0.4) is 0 Å². The van der Waals surface area contributed by atoms with Crippen molar-refractivity contribution in [3.8, 4) is 0 Å². The molecule has 1 heterocycles. The Labute approximate surface area is 101 Å². The van der Waals surface area contributed by atoms with Crippen molar-refractivity contribution in [2.75, 3.05) is 26.8 Å². The topological polar surface area (TPSA) is 24.5 Å². The van der Waals surface area contributed by atoms with Gasteiger partial charge in [0.05, 0.1) is 6.61 Å². The van der Waals surface area contributed by atoms with Gasteiger partial charge in [0.2, 0.25) is 0 Å². The molecule has 16 heavy (non-hydrogen) atoms. The SMILES string of the molecule is CCOCC(C)N1CCC(NC)C(C)C1C. The fraction of sp³-hybridized carbons (Fsp3) is 1.00. The maximum atomic E-state index is 5.53. The molecule has 0 aromatic rings. The molecule has 0 radical (unpaired) electrons. The number of rotatable bonds is 5. The summed E-state index contributed by atoms with van der Waals surface area (Å²) in [4.78, 5) is 2.59. The molecule has 96 valence electrons. The number of piperidine rings is 1. The van der Waals surface area contributed by atoms with E-state index in [4.69, 9.17) is 4.74 Å². The van der Waals surface area contributed by atoms with Crippen molar-refractivity contribution in [3.63, 3.8) is 0 Å². The van der Waals surface area contributed by atoms with Crippen LogP contribution in [0, 0.1) is 5.92 Å². The smallest absolute Gasteiger partial charge is 0.0619 e. The lowest BCUT2D eigenvalue weighted by Crippen LogP contribution is -2.56. The molecule has 1 rings (SSSR count). The van der Waals surface area contributed by atoms with Crippen LogP contribution in [0.4, 0.5) is 0 Å². The average molecular weight is 228 g/mol. The molecule has 1 fully saturated rings. The predicted molar refractivity (Wildman–Crippen MR) is 68.8 cm³/mol. The second-order valence-electron chi connectivity index (χ2n) is 5.03. The fourth-order valence-corrected chi connectivity index (χ4v) is 2.81. The van der Waals surface area contributed by atoms with E-state index in [0.717, 1.165) is 13.2 Å². The van der Waals surface area contributed by atoms with Gasteiger partial charge in [0.25, 0.3) is 0 Å². The molecule has 0 aromatic heterocycles. The van der Waals surface area contributed by atoms with Crippen molar-refractivity contribution in [2.24, 2.45) is 5.92 Å². The van der Waals surface area contributed by atoms with E-state index in [9.17, 15) is 0 Å². The summed E-state index contributed by atoms with van der Waals surface area (Å²) in [5, 5.41) is 3.43. The summed E-state index contributed by atoms with van der Waals surface area (Å²) in [7, 11) is 2.08. The van der Waals surface area contributed by atoms with Crippen LogP contribution in [0.15, 0.2) is 0 Å². The first-order valence-electron chi connectivity index (χ1n) is 6.62. The van der Waals surface area contributed by atoms with E-state index in [1.165, 1.54) is 13.0 Å². The molecule has 0 bridgehead atoms. The van der Waals surface area contributed by atoms with Crippen molar-refractivity contribution in [1.82, 2.24) is 10.2 Å². The van der Waals surface area contributed by atoms with E-state index in [2.05, 4.69) is 45.0 Å². The highest BCUT2D eigenvalue weighted by molar-refractivity contribution is 4.89. The second kappa shape index (κ2) is 6.58. The van der Waals surface area contributed by atoms with Gasteiger partial charge in [0, 0.05) is 31.3 Å². The van der Waals surface area contributed by atoms with Gasteiger partial charge in [0.1, 0.15) is 0 Å². The van der Waals surface area contributed by atoms with E-state index >= 15 is 0 Å². The third-order valence-electron chi connectivity index (χ3n) is 4.12. The third kappa shape index (κ3) is 3.19. The van der Waals surface area contributed by atoms with Crippen LogP contribution in [0.25, 0.3) is 0 Å². The highest BCUT2D eigenvalue weighted by atomic mass is 16.5. The zero-order chi connectivity index (χ0) is 12.1. The second-order valence-corrected chi connectivity index (χ2v) is 5.03. The fourth-order valence-electron chi connectivity index (χ4n) is 2.81. The van der Waals surface area contributed by atoms with Crippen LogP contribution in [0.5, 0.6) is 0 Å². The summed E-state index contributed by atoms with van der Waals surface area (Å²) in [6.45, 7) is 11.9. The number of ether oxygens (including phenoxy) is 1. The predicted octanol–water partition coefficient (Wildman–Crippen LogP) is 1.73. The molecule has 3 heteroatoms. The molecule has 1 aliphatic rings. The molecule has 1 N–H and O–H groups in total. The number of hydrogen-bond acceptors (Lipinski definition) is 3. The zero-order valence-corrected chi connectivity index (χ0v) is 11.5. The van der Waals surface area contributed by atoms with Crippen LogP contribution in [0.2, 0.25) is 0 Å². The quantitative estimate of drug-likeness (QED) is 0.775. The van der Waals surface area contributed by atoms with E-state index < -0.39 is 0 Å². The first-order chi connectivity index (χ1) is 7.61. The Morgan fingerprint density at radius 1 is 1.44 bits per heavy atom. The van der Waals surface area contributed by atoms with E-state index in [1.54, 1.807) is 0 Å². The molecule has 3 nitrogen and oxygen atoms in total. The Balaban J connectivity index is 2.49. The summed E-state index contributed by atoms with van der Waals surface area (Å²) in [6.07, 6.45) is 1.25.